The molecule has 0 saturated heterocycles. The summed E-state index contributed by atoms with van der Waals surface area (Å²) in [7, 11) is 0. The Balaban J connectivity index is 2.33. The van der Waals surface area contributed by atoms with Crippen molar-refractivity contribution in [2.45, 2.75) is 0 Å². The molecule has 3 N–H and O–H groups in total. The number of nitrogens with zero attached hydrogens (tertiary/aromatic N) is 2. The van der Waals surface area contributed by atoms with Gasteiger partial charge in [-0.1, -0.05) is 28.1 Å². The van der Waals surface area contributed by atoms with Crippen molar-refractivity contribution < 1.29 is 0 Å². The Morgan fingerprint density at radius 1 is 1.00 bits per heavy atom. The number of nitrogens with two attached hydrogens (primary N) is 1. The summed E-state index contributed by atoms with van der Waals surface area (Å²) in [6.45, 7) is 0. The van der Waals surface area contributed by atoms with Gasteiger partial charge >= 0.3 is 0 Å². The first kappa shape index (κ1) is 10.1. The van der Waals surface area contributed by atoms with Crippen LogP contribution in [0, 0.1) is 0 Å². The van der Waals surface area contributed by atoms with Crippen molar-refractivity contribution in [1.29, 1.82) is 0 Å². The molecule has 76 valence electrons. The van der Waals surface area contributed by atoms with Gasteiger partial charge in [-0.2, -0.15) is 0 Å². The smallest absolute Gasteiger partial charge is 0.162 e. The molecule has 0 unspecified atom stereocenters. The number of halogens is 1. The highest BCUT2D eigenvalue weighted by atomic mass is 79.9. The van der Waals surface area contributed by atoms with Gasteiger partial charge in [-0.15, -0.1) is 10.2 Å². The number of hydrogen-bond acceptors (Lipinski definition) is 4. The number of benzene rings is 1. The van der Waals surface area contributed by atoms with Crippen LogP contribution in [-0.4, -0.2) is 10.2 Å². The molecule has 0 radical (unpaired) electrons. The third-order valence-corrected chi connectivity index (χ3v) is 2.48. The lowest BCUT2D eigenvalue weighted by Gasteiger charge is -2.01. The van der Waals surface area contributed by atoms with Crippen LogP contribution < -0.4 is 11.3 Å². The molecular formula is C10H9BrN4. The van der Waals surface area contributed by atoms with Crippen LogP contribution in [0.4, 0.5) is 5.82 Å². The van der Waals surface area contributed by atoms with Crippen molar-refractivity contribution in [1.82, 2.24) is 10.2 Å². The molecule has 15 heavy (non-hydrogen) atoms. The summed E-state index contributed by atoms with van der Waals surface area (Å²) in [6.07, 6.45) is 0. The Bertz CT molecular complexity index is 438. The van der Waals surface area contributed by atoms with Gasteiger partial charge in [-0.25, -0.2) is 5.84 Å². The van der Waals surface area contributed by atoms with Crippen LogP contribution in [0.25, 0.3) is 11.3 Å². The van der Waals surface area contributed by atoms with Crippen LogP contribution >= 0.6 is 15.9 Å². The van der Waals surface area contributed by atoms with E-state index < -0.39 is 0 Å². The number of rotatable bonds is 2. The number of aromatic nitrogens is 2. The van der Waals surface area contributed by atoms with Crippen LogP contribution in [0.2, 0.25) is 0 Å². The third-order valence-electron chi connectivity index (χ3n) is 1.95. The summed E-state index contributed by atoms with van der Waals surface area (Å²) in [4.78, 5) is 0. The number of nitrogen functional groups attached to an aromatic ring is 1. The molecule has 2 aromatic rings. The SMILES string of the molecule is NNc1ccc(-c2ccc(Br)cc2)nn1. The molecule has 4 nitrogen and oxygen atoms in total. The average molecular weight is 265 g/mol. The van der Waals surface area contributed by atoms with E-state index in [2.05, 4.69) is 31.6 Å². The molecule has 0 aliphatic rings. The van der Waals surface area contributed by atoms with E-state index in [4.69, 9.17) is 5.84 Å². The molecule has 0 saturated carbocycles. The molecule has 0 atom stereocenters. The van der Waals surface area contributed by atoms with Gasteiger partial charge in [0.25, 0.3) is 0 Å². The summed E-state index contributed by atoms with van der Waals surface area (Å²) >= 11 is 3.38. The van der Waals surface area contributed by atoms with Gasteiger partial charge in [0.15, 0.2) is 5.82 Å². The molecule has 0 spiro atoms. The molecule has 0 amide bonds. The zero-order valence-electron chi connectivity index (χ0n) is 7.81. The summed E-state index contributed by atoms with van der Waals surface area (Å²) < 4.78 is 1.04. The number of hydrogen-bond donors (Lipinski definition) is 2. The second kappa shape index (κ2) is 4.37. The van der Waals surface area contributed by atoms with Crippen LogP contribution in [0.3, 0.4) is 0 Å². The maximum atomic E-state index is 5.20. The van der Waals surface area contributed by atoms with Crippen LogP contribution in [0.15, 0.2) is 40.9 Å². The Kier molecular flexibility index (Phi) is 2.94. The molecular weight excluding hydrogens is 256 g/mol. The second-order valence-electron chi connectivity index (χ2n) is 2.96. The third kappa shape index (κ3) is 2.31. The lowest BCUT2D eigenvalue weighted by molar-refractivity contribution is 1.03. The number of anilines is 1. The average Bonchev–Trinajstić information content (AvgIpc) is 2.30. The second-order valence-corrected chi connectivity index (χ2v) is 3.87. The van der Waals surface area contributed by atoms with Gasteiger partial charge in [0.05, 0.1) is 5.69 Å². The van der Waals surface area contributed by atoms with Crippen molar-refractivity contribution >= 4 is 21.7 Å². The Morgan fingerprint density at radius 3 is 2.27 bits per heavy atom. The summed E-state index contributed by atoms with van der Waals surface area (Å²) in [5.74, 6) is 5.75. The van der Waals surface area contributed by atoms with E-state index in [0.717, 1.165) is 15.7 Å². The fourth-order valence-electron chi connectivity index (χ4n) is 1.18. The zero-order valence-corrected chi connectivity index (χ0v) is 9.40. The van der Waals surface area contributed by atoms with Crippen molar-refractivity contribution in [2.75, 3.05) is 5.43 Å². The fourth-order valence-corrected chi connectivity index (χ4v) is 1.45. The molecule has 1 aromatic carbocycles. The van der Waals surface area contributed by atoms with Crippen LogP contribution in [-0.2, 0) is 0 Å². The lowest BCUT2D eigenvalue weighted by Crippen LogP contribution is -2.08. The largest absolute Gasteiger partial charge is 0.307 e. The van der Waals surface area contributed by atoms with Gasteiger partial charge in [-0.3, -0.25) is 0 Å². The van der Waals surface area contributed by atoms with Crippen molar-refractivity contribution in [3.05, 3.63) is 40.9 Å². The van der Waals surface area contributed by atoms with E-state index in [1.807, 2.05) is 30.3 Å². The van der Waals surface area contributed by atoms with Gasteiger partial charge in [-0.05, 0) is 24.3 Å². The van der Waals surface area contributed by atoms with Gasteiger partial charge in [0, 0.05) is 10.0 Å². The summed E-state index contributed by atoms with van der Waals surface area (Å²) in [5.41, 5.74) is 4.28. The van der Waals surface area contributed by atoms with E-state index in [9.17, 15) is 0 Å². The first-order valence-corrected chi connectivity index (χ1v) is 5.15. The minimum Gasteiger partial charge on any atom is -0.307 e. The predicted molar refractivity (Wildman–Crippen MR) is 63.0 cm³/mol. The van der Waals surface area contributed by atoms with Crippen molar-refractivity contribution in [3.63, 3.8) is 0 Å². The van der Waals surface area contributed by atoms with E-state index in [0.29, 0.717) is 5.82 Å². The first-order valence-electron chi connectivity index (χ1n) is 4.36. The Hall–Kier alpha value is -1.46. The lowest BCUT2D eigenvalue weighted by atomic mass is 10.1. The van der Waals surface area contributed by atoms with Crippen molar-refractivity contribution in [3.8, 4) is 11.3 Å². The zero-order chi connectivity index (χ0) is 10.7. The number of nitrogens with one attached hydrogen (secondary N) is 1. The molecule has 0 bridgehead atoms. The molecule has 1 heterocycles. The van der Waals surface area contributed by atoms with Gasteiger partial charge in [0.2, 0.25) is 0 Å². The van der Waals surface area contributed by atoms with E-state index >= 15 is 0 Å². The maximum Gasteiger partial charge on any atom is 0.162 e. The molecule has 2 rings (SSSR count). The van der Waals surface area contributed by atoms with E-state index in [1.54, 1.807) is 6.07 Å². The van der Waals surface area contributed by atoms with E-state index in [1.165, 1.54) is 0 Å². The highest BCUT2D eigenvalue weighted by molar-refractivity contribution is 9.10. The molecule has 0 fully saturated rings. The van der Waals surface area contributed by atoms with Crippen molar-refractivity contribution in [2.24, 2.45) is 5.84 Å². The Labute approximate surface area is 95.6 Å². The van der Waals surface area contributed by atoms with Gasteiger partial charge < -0.3 is 5.43 Å². The monoisotopic (exact) mass is 264 g/mol. The maximum absolute atomic E-state index is 5.20. The highest BCUT2D eigenvalue weighted by Gasteiger charge is 1.99. The quantitative estimate of drug-likeness (QED) is 0.645. The topological polar surface area (TPSA) is 63.8 Å². The minimum atomic E-state index is 0.552. The van der Waals surface area contributed by atoms with Crippen LogP contribution in [0.1, 0.15) is 0 Å². The number of hydrazine groups is 1. The van der Waals surface area contributed by atoms with Gasteiger partial charge in [0.1, 0.15) is 0 Å². The standard InChI is InChI=1S/C10H9BrN4/c11-8-3-1-7(2-4-8)9-5-6-10(13-12)15-14-9/h1-6H,12H2,(H,13,15). The fraction of sp³-hybridized carbons (Fsp3) is 0. The molecule has 1 aromatic heterocycles. The minimum absolute atomic E-state index is 0.552. The highest BCUT2D eigenvalue weighted by Crippen LogP contribution is 2.19. The molecule has 5 heteroatoms. The molecule has 0 aliphatic carbocycles. The van der Waals surface area contributed by atoms with Crippen LogP contribution in [0.5, 0.6) is 0 Å². The first-order chi connectivity index (χ1) is 7.29. The Morgan fingerprint density at radius 2 is 1.73 bits per heavy atom. The summed E-state index contributed by atoms with van der Waals surface area (Å²) in [6, 6.07) is 11.5. The normalized spacial score (nSPS) is 10.0. The summed E-state index contributed by atoms with van der Waals surface area (Å²) in [5, 5.41) is 7.94. The molecule has 0 aliphatic heterocycles. The predicted octanol–water partition coefficient (Wildman–Crippen LogP) is 2.19. The van der Waals surface area contributed by atoms with E-state index in [-0.39, 0.29) is 0 Å².